The van der Waals surface area contributed by atoms with E-state index < -0.39 is 5.97 Å². The zero-order valence-electron chi connectivity index (χ0n) is 10.1. The zero-order chi connectivity index (χ0) is 12.1. The lowest BCUT2D eigenvalue weighted by Crippen LogP contribution is -2.45. The molecule has 2 unspecified atom stereocenters. The number of nitrogens with zero attached hydrogens (tertiary/aromatic N) is 1. The monoisotopic (exact) mass is 227 g/mol. The summed E-state index contributed by atoms with van der Waals surface area (Å²) in [6.07, 6.45) is 3.15. The molecule has 4 heteroatoms. The van der Waals surface area contributed by atoms with Gasteiger partial charge in [-0.15, -0.1) is 0 Å². The summed E-state index contributed by atoms with van der Waals surface area (Å²) in [5.41, 5.74) is 0. The van der Waals surface area contributed by atoms with E-state index >= 15 is 0 Å². The van der Waals surface area contributed by atoms with Gasteiger partial charge in [-0.3, -0.25) is 9.59 Å². The second kappa shape index (κ2) is 5.87. The Morgan fingerprint density at radius 1 is 1.31 bits per heavy atom. The van der Waals surface area contributed by atoms with Crippen LogP contribution >= 0.6 is 0 Å². The molecule has 4 nitrogen and oxygen atoms in total. The maximum Gasteiger partial charge on any atom is 0.303 e. The van der Waals surface area contributed by atoms with Gasteiger partial charge in [0, 0.05) is 25.4 Å². The zero-order valence-corrected chi connectivity index (χ0v) is 10.1. The summed E-state index contributed by atoms with van der Waals surface area (Å²) in [7, 11) is 0. The standard InChI is InChI=1S/C12H21NO3/c1-9-5-4-8-13(10(9)2)11(14)6-3-7-12(15)16/h9-10H,3-8H2,1-2H3,(H,15,16). The molecular weight excluding hydrogens is 206 g/mol. The van der Waals surface area contributed by atoms with Crippen LogP contribution in [0.1, 0.15) is 46.0 Å². The number of amides is 1. The summed E-state index contributed by atoms with van der Waals surface area (Å²) >= 11 is 0. The molecule has 0 saturated carbocycles. The van der Waals surface area contributed by atoms with E-state index in [1.807, 2.05) is 4.90 Å². The first-order chi connectivity index (χ1) is 7.52. The number of carboxylic acid groups (broad SMARTS) is 1. The lowest BCUT2D eigenvalue weighted by Gasteiger charge is -2.38. The fraction of sp³-hybridized carbons (Fsp3) is 0.833. The van der Waals surface area contributed by atoms with Gasteiger partial charge in [0.05, 0.1) is 0 Å². The number of likely N-dealkylation sites (tertiary alicyclic amines) is 1. The topological polar surface area (TPSA) is 57.6 Å². The van der Waals surface area contributed by atoms with Gasteiger partial charge >= 0.3 is 5.97 Å². The molecule has 0 aromatic heterocycles. The van der Waals surface area contributed by atoms with E-state index in [-0.39, 0.29) is 12.3 Å². The van der Waals surface area contributed by atoms with Gasteiger partial charge in [-0.2, -0.15) is 0 Å². The minimum Gasteiger partial charge on any atom is -0.481 e. The number of aliphatic carboxylic acids is 1. The number of hydrogen-bond acceptors (Lipinski definition) is 2. The first-order valence-corrected chi connectivity index (χ1v) is 6.03. The molecule has 0 aromatic carbocycles. The third-order valence-electron chi connectivity index (χ3n) is 3.48. The summed E-state index contributed by atoms with van der Waals surface area (Å²) in [6.45, 7) is 5.08. The van der Waals surface area contributed by atoms with Crippen LogP contribution in [0.15, 0.2) is 0 Å². The molecule has 1 aliphatic heterocycles. The Hall–Kier alpha value is -1.06. The van der Waals surface area contributed by atoms with E-state index in [0.717, 1.165) is 13.0 Å². The third-order valence-corrected chi connectivity index (χ3v) is 3.48. The molecule has 0 aromatic rings. The highest BCUT2D eigenvalue weighted by atomic mass is 16.4. The molecule has 92 valence electrons. The molecular formula is C12H21NO3. The van der Waals surface area contributed by atoms with Crippen LogP contribution in [0.5, 0.6) is 0 Å². The van der Waals surface area contributed by atoms with Gasteiger partial charge in [-0.1, -0.05) is 6.92 Å². The van der Waals surface area contributed by atoms with Crippen LogP contribution in [-0.2, 0) is 9.59 Å². The SMILES string of the molecule is CC1CCCN(C(=O)CCCC(=O)O)C1C. The minimum absolute atomic E-state index is 0.0868. The first kappa shape index (κ1) is 13.0. The summed E-state index contributed by atoms with van der Waals surface area (Å²) in [5.74, 6) is -0.162. The maximum atomic E-state index is 11.9. The Kier molecular flexibility index (Phi) is 4.77. The molecule has 1 saturated heterocycles. The maximum absolute atomic E-state index is 11.9. The molecule has 16 heavy (non-hydrogen) atoms. The highest BCUT2D eigenvalue weighted by Crippen LogP contribution is 2.23. The van der Waals surface area contributed by atoms with Crippen molar-refractivity contribution in [2.45, 2.75) is 52.0 Å². The number of carbonyl (C=O) groups excluding carboxylic acids is 1. The predicted octanol–water partition coefficient (Wildman–Crippen LogP) is 1.89. The van der Waals surface area contributed by atoms with Crippen LogP contribution in [-0.4, -0.2) is 34.5 Å². The molecule has 0 bridgehead atoms. The van der Waals surface area contributed by atoms with Crippen molar-refractivity contribution in [3.05, 3.63) is 0 Å². The van der Waals surface area contributed by atoms with Crippen molar-refractivity contribution >= 4 is 11.9 Å². The van der Waals surface area contributed by atoms with Crippen LogP contribution < -0.4 is 0 Å². The lowest BCUT2D eigenvalue weighted by atomic mass is 9.92. The minimum atomic E-state index is -0.826. The Morgan fingerprint density at radius 2 is 2.00 bits per heavy atom. The molecule has 1 aliphatic rings. The van der Waals surface area contributed by atoms with Gasteiger partial charge in [0.25, 0.3) is 0 Å². The average molecular weight is 227 g/mol. The van der Waals surface area contributed by atoms with Crippen molar-refractivity contribution in [1.29, 1.82) is 0 Å². The van der Waals surface area contributed by atoms with Crippen molar-refractivity contribution in [2.24, 2.45) is 5.92 Å². The lowest BCUT2D eigenvalue weighted by molar-refractivity contribution is -0.138. The first-order valence-electron chi connectivity index (χ1n) is 6.03. The van der Waals surface area contributed by atoms with Crippen LogP contribution in [0.25, 0.3) is 0 Å². The molecule has 0 spiro atoms. The largest absolute Gasteiger partial charge is 0.481 e. The van der Waals surface area contributed by atoms with Gasteiger partial charge in [0.2, 0.25) is 5.91 Å². The molecule has 1 heterocycles. The van der Waals surface area contributed by atoms with Crippen molar-refractivity contribution in [3.63, 3.8) is 0 Å². The molecule has 0 aliphatic carbocycles. The van der Waals surface area contributed by atoms with Crippen molar-refractivity contribution in [1.82, 2.24) is 4.90 Å². The van der Waals surface area contributed by atoms with E-state index in [9.17, 15) is 9.59 Å². The van der Waals surface area contributed by atoms with E-state index in [1.165, 1.54) is 6.42 Å². The van der Waals surface area contributed by atoms with E-state index in [0.29, 0.717) is 24.8 Å². The number of carboxylic acids is 1. The number of hydrogen-bond donors (Lipinski definition) is 1. The van der Waals surface area contributed by atoms with Gasteiger partial charge < -0.3 is 10.0 Å². The number of piperidine rings is 1. The highest BCUT2D eigenvalue weighted by molar-refractivity contribution is 5.77. The van der Waals surface area contributed by atoms with Gasteiger partial charge in [-0.05, 0) is 32.1 Å². The molecule has 1 fully saturated rings. The second-order valence-corrected chi connectivity index (χ2v) is 4.69. The summed E-state index contributed by atoms with van der Waals surface area (Å²) in [5, 5.41) is 8.51. The summed E-state index contributed by atoms with van der Waals surface area (Å²) in [6, 6.07) is 0.297. The second-order valence-electron chi connectivity index (χ2n) is 4.69. The van der Waals surface area contributed by atoms with E-state index in [1.54, 1.807) is 0 Å². The Bertz CT molecular complexity index is 265. The molecule has 1 N–H and O–H groups in total. The Balaban J connectivity index is 2.37. The normalized spacial score (nSPS) is 25.5. The summed E-state index contributed by atoms with van der Waals surface area (Å²) < 4.78 is 0. The molecule has 2 atom stereocenters. The van der Waals surface area contributed by atoms with Crippen molar-refractivity contribution in [3.8, 4) is 0 Å². The fourth-order valence-electron chi connectivity index (χ4n) is 2.22. The average Bonchev–Trinajstić information content (AvgIpc) is 2.21. The molecule has 0 radical (unpaired) electrons. The van der Waals surface area contributed by atoms with Crippen LogP contribution in [0.4, 0.5) is 0 Å². The fourth-order valence-corrected chi connectivity index (χ4v) is 2.22. The van der Waals surface area contributed by atoms with Crippen molar-refractivity contribution < 1.29 is 14.7 Å². The van der Waals surface area contributed by atoms with Gasteiger partial charge in [-0.25, -0.2) is 0 Å². The number of rotatable bonds is 4. The predicted molar refractivity (Wildman–Crippen MR) is 61.1 cm³/mol. The van der Waals surface area contributed by atoms with Crippen LogP contribution in [0.3, 0.4) is 0 Å². The third kappa shape index (κ3) is 3.51. The van der Waals surface area contributed by atoms with Crippen molar-refractivity contribution in [2.75, 3.05) is 6.54 Å². The Labute approximate surface area is 96.6 Å². The van der Waals surface area contributed by atoms with Gasteiger partial charge in [0.1, 0.15) is 0 Å². The molecule has 1 rings (SSSR count). The highest BCUT2D eigenvalue weighted by Gasteiger charge is 2.27. The van der Waals surface area contributed by atoms with Crippen LogP contribution in [0, 0.1) is 5.92 Å². The van der Waals surface area contributed by atoms with Gasteiger partial charge in [0.15, 0.2) is 0 Å². The summed E-state index contributed by atoms with van der Waals surface area (Å²) in [4.78, 5) is 24.1. The quantitative estimate of drug-likeness (QED) is 0.797. The Morgan fingerprint density at radius 3 is 2.62 bits per heavy atom. The van der Waals surface area contributed by atoms with E-state index in [2.05, 4.69) is 13.8 Å². The van der Waals surface area contributed by atoms with E-state index in [4.69, 9.17) is 5.11 Å². The smallest absolute Gasteiger partial charge is 0.303 e. The molecule has 1 amide bonds. The van der Waals surface area contributed by atoms with Crippen LogP contribution in [0.2, 0.25) is 0 Å². The number of carbonyl (C=O) groups is 2.